The number of anilines is 1. The molecule has 1 heterocycles. The van der Waals surface area contributed by atoms with Crippen LogP contribution in [-0.4, -0.2) is 65.0 Å². The van der Waals surface area contributed by atoms with Gasteiger partial charge in [0.05, 0.1) is 26.4 Å². The third kappa shape index (κ3) is 4.58. The normalized spacial score (nSPS) is 14.7. The summed E-state index contributed by atoms with van der Waals surface area (Å²) in [6, 6.07) is 7.80. The van der Waals surface area contributed by atoms with Crippen molar-refractivity contribution in [2.45, 2.75) is 6.42 Å². The molecule has 0 fully saturated rings. The monoisotopic (exact) mass is 348 g/mol. The van der Waals surface area contributed by atoms with Crippen LogP contribution in [0.15, 0.2) is 35.5 Å². The number of rotatable bonds is 6. The molecule has 1 aliphatic rings. The zero-order valence-corrected chi connectivity index (χ0v) is 15.1. The Bertz CT molecular complexity index is 652. The van der Waals surface area contributed by atoms with Gasteiger partial charge >= 0.3 is 11.9 Å². The molecule has 0 spiro atoms. The van der Waals surface area contributed by atoms with Crippen LogP contribution in [0, 0.1) is 0 Å². The van der Waals surface area contributed by atoms with E-state index in [0.717, 1.165) is 18.7 Å². The van der Waals surface area contributed by atoms with E-state index >= 15 is 0 Å². The first-order chi connectivity index (χ1) is 12.0. The van der Waals surface area contributed by atoms with Gasteiger partial charge in [0.15, 0.2) is 0 Å². The number of nitrogens with zero attached hydrogens (tertiary/aromatic N) is 2. The molecular formula is C18H24N2O5. The Morgan fingerprint density at radius 1 is 1.12 bits per heavy atom. The average molecular weight is 348 g/mol. The van der Waals surface area contributed by atoms with Crippen molar-refractivity contribution in [3.63, 3.8) is 0 Å². The summed E-state index contributed by atoms with van der Waals surface area (Å²) in [5.41, 5.74) is 2.24. The van der Waals surface area contributed by atoms with Gasteiger partial charge in [-0.25, -0.2) is 9.59 Å². The number of esters is 2. The summed E-state index contributed by atoms with van der Waals surface area (Å²) < 4.78 is 15.1. The Hall–Kier alpha value is -2.38. The molecule has 0 amide bonds. The highest BCUT2D eigenvalue weighted by molar-refractivity contribution is 6.03. The van der Waals surface area contributed by atoms with Gasteiger partial charge in [-0.3, -0.25) is 0 Å². The summed E-state index contributed by atoms with van der Waals surface area (Å²) in [5.74, 6) is -1.20. The molecule has 0 atom stereocenters. The standard InChI is InChI=1S/C18H24N2O5/c1-19(2)10-9-13-5-7-14(8-6-13)20-12-25-11-15(17(21)23-3)16(20)18(22)24-4/h5-8H,9-12H2,1-4H3. The summed E-state index contributed by atoms with van der Waals surface area (Å²) in [5, 5.41) is 0. The van der Waals surface area contributed by atoms with E-state index in [1.165, 1.54) is 19.8 Å². The second-order valence-electron chi connectivity index (χ2n) is 5.94. The largest absolute Gasteiger partial charge is 0.466 e. The predicted molar refractivity (Wildman–Crippen MR) is 93.1 cm³/mol. The molecular weight excluding hydrogens is 324 g/mol. The fraction of sp³-hybridized carbons (Fsp3) is 0.444. The molecule has 0 bridgehead atoms. The number of benzene rings is 1. The van der Waals surface area contributed by atoms with Crippen molar-refractivity contribution in [3.8, 4) is 0 Å². The van der Waals surface area contributed by atoms with Crippen LogP contribution in [0.4, 0.5) is 5.69 Å². The minimum Gasteiger partial charge on any atom is -0.466 e. The number of hydrogen-bond donors (Lipinski definition) is 0. The third-order valence-corrected chi connectivity index (χ3v) is 3.93. The molecule has 0 radical (unpaired) electrons. The van der Waals surface area contributed by atoms with E-state index in [1.54, 1.807) is 4.90 Å². The number of hydrogen-bond acceptors (Lipinski definition) is 7. The average Bonchev–Trinajstić information content (AvgIpc) is 2.64. The van der Waals surface area contributed by atoms with Gasteiger partial charge in [0, 0.05) is 12.2 Å². The van der Waals surface area contributed by atoms with Gasteiger partial charge in [0.2, 0.25) is 0 Å². The van der Waals surface area contributed by atoms with E-state index in [4.69, 9.17) is 14.2 Å². The summed E-state index contributed by atoms with van der Waals surface area (Å²) >= 11 is 0. The third-order valence-electron chi connectivity index (χ3n) is 3.93. The van der Waals surface area contributed by atoms with Crippen LogP contribution in [-0.2, 0) is 30.2 Å². The molecule has 0 N–H and O–H groups in total. The van der Waals surface area contributed by atoms with E-state index in [1.807, 2.05) is 38.4 Å². The van der Waals surface area contributed by atoms with E-state index in [0.29, 0.717) is 0 Å². The molecule has 1 aromatic rings. The van der Waals surface area contributed by atoms with E-state index in [-0.39, 0.29) is 24.6 Å². The Balaban J connectivity index is 2.32. The lowest BCUT2D eigenvalue weighted by Gasteiger charge is -2.31. The van der Waals surface area contributed by atoms with Gasteiger partial charge in [0.25, 0.3) is 0 Å². The highest BCUT2D eigenvalue weighted by Gasteiger charge is 2.32. The van der Waals surface area contributed by atoms with Crippen molar-refractivity contribution in [2.24, 2.45) is 0 Å². The zero-order valence-electron chi connectivity index (χ0n) is 15.1. The predicted octanol–water partition coefficient (Wildman–Crippen LogP) is 1.18. The Kier molecular flexibility index (Phi) is 6.55. The molecule has 25 heavy (non-hydrogen) atoms. The van der Waals surface area contributed by atoms with Crippen LogP contribution in [0.2, 0.25) is 0 Å². The number of methoxy groups -OCH3 is 2. The number of carbonyl (C=O) groups excluding carboxylic acids is 2. The lowest BCUT2D eigenvalue weighted by Crippen LogP contribution is -2.38. The quantitative estimate of drug-likeness (QED) is 0.715. The summed E-state index contributed by atoms with van der Waals surface area (Å²) in [7, 11) is 6.60. The first-order valence-corrected chi connectivity index (χ1v) is 7.96. The van der Waals surface area contributed by atoms with E-state index in [2.05, 4.69) is 4.90 Å². The topological polar surface area (TPSA) is 68.3 Å². The highest BCUT2D eigenvalue weighted by Crippen LogP contribution is 2.27. The molecule has 7 nitrogen and oxygen atoms in total. The minimum atomic E-state index is -0.604. The maximum absolute atomic E-state index is 12.2. The van der Waals surface area contributed by atoms with Crippen LogP contribution in [0.5, 0.6) is 0 Å². The second kappa shape index (κ2) is 8.64. The molecule has 1 aliphatic heterocycles. The summed E-state index contributed by atoms with van der Waals surface area (Å²) in [6.45, 7) is 1.11. The smallest absolute Gasteiger partial charge is 0.355 e. The molecule has 0 aliphatic carbocycles. The van der Waals surface area contributed by atoms with Crippen LogP contribution < -0.4 is 4.90 Å². The zero-order chi connectivity index (χ0) is 18.4. The van der Waals surface area contributed by atoms with Crippen molar-refractivity contribution in [2.75, 3.05) is 53.1 Å². The Labute approximate surface area is 147 Å². The van der Waals surface area contributed by atoms with Crippen molar-refractivity contribution >= 4 is 17.6 Å². The van der Waals surface area contributed by atoms with Gasteiger partial charge in [-0.2, -0.15) is 0 Å². The number of carbonyl (C=O) groups is 2. The number of ether oxygens (including phenoxy) is 3. The first-order valence-electron chi connectivity index (χ1n) is 7.96. The maximum Gasteiger partial charge on any atom is 0.355 e. The van der Waals surface area contributed by atoms with Gasteiger partial charge < -0.3 is 24.0 Å². The van der Waals surface area contributed by atoms with Crippen molar-refractivity contribution in [3.05, 3.63) is 41.1 Å². The van der Waals surface area contributed by atoms with Crippen molar-refractivity contribution in [1.29, 1.82) is 0 Å². The summed E-state index contributed by atoms with van der Waals surface area (Å²) in [6.07, 6.45) is 0.927. The van der Waals surface area contributed by atoms with Gasteiger partial charge in [-0.05, 0) is 38.2 Å². The van der Waals surface area contributed by atoms with Gasteiger partial charge in [0.1, 0.15) is 12.4 Å². The molecule has 7 heteroatoms. The molecule has 0 saturated heterocycles. The highest BCUT2D eigenvalue weighted by atomic mass is 16.5. The van der Waals surface area contributed by atoms with Crippen molar-refractivity contribution in [1.82, 2.24) is 4.90 Å². The SMILES string of the molecule is COC(=O)C1=C(C(=O)OC)N(c2ccc(CCN(C)C)cc2)COC1. The fourth-order valence-electron chi connectivity index (χ4n) is 2.54. The van der Waals surface area contributed by atoms with Gasteiger partial charge in [-0.1, -0.05) is 12.1 Å². The molecule has 0 unspecified atom stereocenters. The molecule has 0 saturated carbocycles. The maximum atomic E-state index is 12.2. The fourth-order valence-corrected chi connectivity index (χ4v) is 2.54. The Morgan fingerprint density at radius 3 is 2.32 bits per heavy atom. The molecule has 1 aromatic carbocycles. The molecule has 136 valence electrons. The lowest BCUT2D eigenvalue weighted by molar-refractivity contribution is -0.140. The van der Waals surface area contributed by atoms with Crippen LogP contribution in [0.25, 0.3) is 0 Å². The molecule has 2 rings (SSSR count). The molecule has 0 aromatic heterocycles. The van der Waals surface area contributed by atoms with E-state index in [9.17, 15) is 9.59 Å². The van der Waals surface area contributed by atoms with Crippen LogP contribution >= 0.6 is 0 Å². The number of likely N-dealkylation sites (N-methyl/N-ethyl adjacent to an activating group) is 1. The van der Waals surface area contributed by atoms with Crippen molar-refractivity contribution < 1.29 is 23.8 Å². The minimum absolute atomic E-state index is 0.00846. The lowest BCUT2D eigenvalue weighted by atomic mass is 10.1. The van der Waals surface area contributed by atoms with E-state index < -0.39 is 11.9 Å². The van der Waals surface area contributed by atoms with Crippen LogP contribution in [0.1, 0.15) is 5.56 Å². The Morgan fingerprint density at radius 2 is 1.76 bits per heavy atom. The second-order valence-corrected chi connectivity index (χ2v) is 5.94. The van der Waals surface area contributed by atoms with Crippen LogP contribution in [0.3, 0.4) is 0 Å². The summed E-state index contributed by atoms with van der Waals surface area (Å²) in [4.78, 5) is 28.0. The first kappa shape index (κ1) is 19.0. The van der Waals surface area contributed by atoms with Gasteiger partial charge in [-0.15, -0.1) is 0 Å².